The number of nitrogens with zero attached hydrogens (tertiary/aromatic N) is 1. The lowest BCUT2D eigenvalue weighted by Gasteiger charge is -2.10. The molecule has 0 aromatic heterocycles. The Hall–Kier alpha value is -2.59. The van der Waals surface area contributed by atoms with Crippen LogP contribution in [-0.2, 0) is 10.0 Å². The predicted molar refractivity (Wildman–Crippen MR) is 74.9 cm³/mol. The summed E-state index contributed by atoms with van der Waals surface area (Å²) in [6, 6.07) is 11.3. The maximum Gasteiger partial charge on any atom is 0.262 e. The lowest BCUT2D eigenvalue weighted by atomic mass is 10.2. The van der Waals surface area contributed by atoms with E-state index in [2.05, 4.69) is 4.72 Å². The molecule has 108 valence electrons. The molecule has 0 saturated carbocycles. The highest BCUT2D eigenvalue weighted by Gasteiger charge is 2.18. The van der Waals surface area contributed by atoms with E-state index in [0.29, 0.717) is 0 Å². The zero-order chi connectivity index (χ0) is 15.5. The van der Waals surface area contributed by atoms with Crippen LogP contribution in [0.1, 0.15) is 5.56 Å². The van der Waals surface area contributed by atoms with Gasteiger partial charge in [-0.3, -0.25) is 4.72 Å². The van der Waals surface area contributed by atoms with E-state index in [1.807, 2.05) is 6.07 Å². The van der Waals surface area contributed by atoms with Crippen molar-refractivity contribution in [1.29, 1.82) is 5.26 Å². The second-order valence-electron chi connectivity index (χ2n) is 4.06. The molecule has 0 atom stereocenters. The average molecular weight is 306 g/mol. The van der Waals surface area contributed by atoms with Gasteiger partial charge < -0.3 is 4.74 Å². The van der Waals surface area contributed by atoms with Crippen molar-refractivity contribution in [2.24, 2.45) is 0 Å². The normalized spacial score (nSPS) is 10.7. The number of rotatable bonds is 4. The molecular weight excluding hydrogens is 295 g/mol. The molecule has 0 spiro atoms. The molecular formula is C14H11FN2O3S. The minimum absolute atomic E-state index is 0.0497. The van der Waals surface area contributed by atoms with Crippen molar-refractivity contribution < 1.29 is 17.5 Å². The highest BCUT2D eigenvalue weighted by atomic mass is 32.2. The van der Waals surface area contributed by atoms with Crippen molar-refractivity contribution in [3.05, 3.63) is 53.8 Å². The second-order valence-corrected chi connectivity index (χ2v) is 5.74. The monoisotopic (exact) mass is 306 g/mol. The predicted octanol–water partition coefficient (Wildman–Crippen LogP) is 2.51. The van der Waals surface area contributed by atoms with Gasteiger partial charge >= 0.3 is 0 Å². The van der Waals surface area contributed by atoms with E-state index >= 15 is 0 Å². The number of nitriles is 1. The first-order chi connectivity index (χ1) is 9.97. The third-order valence-electron chi connectivity index (χ3n) is 2.73. The summed E-state index contributed by atoms with van der Waals surface area (Å²) < 4.78 is 45.0. The Morgan fingerprint density at radius 3 is 2.57 bits per heavy atom. The number of methoxy groups -OCH3 is 1. The van der Waals surface area contributed by atoms with Crippen LogP contribution in [0.3, 0.4) is 0 Å². The Morgan fingerprint density at radius 1 is 1.24 bits per heavy atom. The van der Waals surface area contributed by atoms with E-state index in [0.717, 1.165) is 6.07 Å². The Labute approximate surface area is 121 Å². The van der Waals surface area contributed by atoms with Crippen LogP contribution < -0.4 is 9.46 Å². The van der Waals surface area contributed by atoms with Crippen LogP contribution in [0.2, 0.25) is 0 Å². The summed E-state index contributed by atoms with van der Waals surface area (Å²) in [6.45, 7) is 0. The van der Waals surface area contributed by atoms with Gasteiger partial charge in [0.15, 0.2) is 11.6 Å². The third kappa shape index (κ3) is 3.12. The van der Waals surface area contributed by atoms with Gasteiger partial charge in [-0.2, -0.15) is 5.26 Å². The molecule has 21 heavy (non-hydrogen) atoms. The highest BCUT2D eigenvalue weighted by Crippen LogP contribution is 2.23. The third-order valence-corrected chi connectivity index (χ3v) is 4.09. The molecule has 2 aromatic rings. The lowest BCUT2D eigenvalue weighted by Crippen LogP contribution is -2.14. The molecule has 1 N–H and O–H groups in total. The van der Waals surface area contributed by atoms with E-state index in [1.54, 1.807) is 12.1 Å². The molecule has 0 unspecified atom stereocenters. The van der Waals surface area contributed by atoms with Crippen molar-refractivity contribution in [3.8, 4) is 11.8 Å². The number of hydrogen-bond donors (Lipinski definition) is 1. The first-order valence-electron chi connectivity index (χ1n) is 5.83. The molecule has 2 aromatic carbocycles. The largest absolute Gasteiger partial charge is 0.494 e. The van der Waals surface area contributed by atoms with Gasteiger partial charge in [0.25, 0.3) is 10.0 Å². The summed E-state index contributed by atoms with van der Waals surface area (Å²) in [4.78, 5) is -0.256. The zero-order valence-electron chi connectivity index (χ0n) is 11.0. The lowest BCUT2D eigenvalue weighted by molar-refractivity contribution is 0.385. The number of sulfonamides is 1. The summed E-state index contributed by atoms with van der Waals surface area (Å²) in [7, 11) is -2.70. The van der Waals surface area contributed by atoms with Crippen molar-refractivity contribution in [2.75, 3.05) is 11.8 Å². The SMILES string of the molecule is COc1ccc(S(=O)(=O)Nc2ccccc2C#N)cc1F. The van der Waals surface area contributed by atoms with Crippen LogP contribution in [0.15, 0.2) is 47.4 Å². The Kier molecular flexibility index (Phi) is 4.10. The molecule has 7 heteroatoms. The number of ether oxygens (including phenoxy) is 1. The van der Waals surface area contributed by atoms with E-state index in [-0.39, 0.29) is 21.9 Å². The summed E-state index contributed by atoms with van der Waals surface area (Å²) in [6.07, 6.45) is 0. The maximum absolute atomic E-state index is 13.6. The van der Waals surface area contributed by atoms with Gasteiger partial charge in [-0.05, 0) is 30.3 Å². The number of benzene rings is 2. The maximum atomic E-state index is 13.6. The highest BCUT2D eigenvalue weighted by molar-refractivity contribution is 7.92. The van der Waals surface area contributed by atoms with Crippen molar-refractivity contribution >= 4 is 15.7 Å². The first kappa shape index (κ1) is 14.8. The van der Waals surface area contributed by atoms with Gasteiger partial charge in [0.1, 0.15) is 6.07 Å². The molecule has 0 aliphatic rings. The van der Waals surface area contributed by atoms with Crippen LogP contribution in [0.25, 0.3) is 0 Å². The van der Waals surface area contributed by atoms with Crippen LogP contribution in [0, 0.1) is 17.1 Å². The minimum atomic E-state index is -3.99. The van der Waals surface area contributed by atoms with Crippen molar-refractivity contribution in [1.82, 2.24) is 0 Å². The molecule has 0 heterocycles. The fourth-order valence-corrected chi connectivity index (χ4v) is 2.78. The first-order valence-corrected chi connectivity index (χ1v) is 7.32. The quantitative estimate of drug-likeness (QED) is 0.941. The van der Waals surface area contributed by atoms with Gasteiger partial charge in [-0.25, -0.2) is 12.8 Å². The van der Waals surface area contributed by atoms with Crippen molar-refractivity contribution in [2.45, 2.75) is 4.90 Å². The van der Waals surface area contributed by atoms with Crippen LogP contribution in [0.5, 0.6) is 5.75 Å². The molecule has 0 aliphatic heterocycles. The summed E-state index contributed by atoms with van der Waals surface area (Å²) in [5.41, 5.74) is 0.311. The second kappa shape index (κ2) is 5.81. The van der Waals surface area contributed by atoms with Crippen molar-refractivity contribution in [3.63, 3.8) is 0 Å². The number of nitrogens with one attached hydrogen (secondary N) is 1. The van der Waals surface area contributed by atoms with E-state index in [1.165, 1.54) is 31.4 Å². The van der Waals surface area contributed by atoms with Crippen LogP contribution in [0.4, 0.5) is 10.1 Å². The van der Waals surface area contributed by atoms with Crippen LogP contribution in [-0.4, -0.2) is 15.5 Å². The molecule has 0 fully saturated rings. The van der Waals surface area contributed by atoms with Crippen LogP contribution >= 0.6 is 0 Å². The fraction of sp³-hybridized carbons (Fsp3) is 0.0714. The van der Waals surface area contributed by atoms with E-state index in [4.69, 9.17) is 10.00 Å². The van der Waals surface area contributed by atoms with Gasteiger partial charge in [-0.15, -0.1) is 0 Å². The fourth-order valence-electron chi connectivity index (χ4n) is 1.69. The molecule has 0 radical (unpaired) electrons. The smallest absolute Gasteiger partial charge is 0.262 e. The minimum Gasteiger partial charge on any atom is -0.494 e. The molecule has 0 aliphatic carbocycles. The van der Waals surface area contributed by atoms with E-state index < -0.39 is 15.8 Å². The van der Waals surface area contributed by atoms with Gasteiger partial charge in [-0.1, -0.05) is 12.1 Å². The number of anilines is 1. The van der Waals surface area contributed by atoms with E-state index in [9.17, 15) is 12.8 Å². The molecule has 0 bridgehead atoms. The number of hydrogen-bond acceptors (Lipinski definition) is 4. The summed E-state index contributed by atoms with van der Waals surface area (Å²) >= 11 is 0. The number of para-hydroxylation sites is 1. The standard InChI is InChI=1S/C14H11FN2O3S/c1-20-14-7-6-11(8-12(14)15)21(18,19)17-13-5-3-2-4-10(13)9-16/h2-8,17H,1H3. The Morgan fingerprint density at radius 2 is 1.95 bits per heavy atom. The Bertz CT molecular complexity index is 813. The molecule has 5 nitrogen and oxygen atoms in total. The summed E-state index contributed by atoms with van der Waals surface area (Å²) in [5.74, 6) is -0.833. The molecule has 0 amide bonds. The Balaban J connectivity index is 2.39. The van der Waals surface area contributed by atoms with Gasteiger partial charge in [0, 0.05) is 0 Å². The molecule has 2 rings (SSSR count). The molecule has 0 saturated heterocycles. The topological polar surface area (TPSA) is 79.2 Å². The van der Waals surface area contributed by atoms with Gasteiger partial charge in [0.2, 0.25) is 0 Å². The average Bonchev–Trinajstić information content (AvgIpc) is 2.47. The summed E-state index contributed by atoms with van der Waals surface area (Å²) in [5, 5.41) is 8.94. The number of halogens is 1. The van der Waals surface area contributed by atoms with Gasteiger partial charge in [0.05, 0.1) is 23.3 Å². The zero-order valence-corrected chi connectivity index (χ0v) is 11.8.